The van der Waals surface area contributed by atoms with E-state index >= 15 is 0 Å². The molecular formula is C39H54O6. The lowest BCUT2D eigenvalue weighted by molar-refractivity contribution is -0.238. The highest BCUT2D eigenvalue weighted by molar-refractivity contribution is 5.87. The molecule has 5 aliphatic carbocycles. The first-order valence-corrected chi connectivity index (χ1v) is 17.3. The lowest BCUT2D eigenvalue weighted by Crippen LogP contribution is -2.67. The Bertz CT molecular complexity index is 1410. The van der Waals surface area contributed by atoms with E-state index in [1.165, 1.54) is 11.6 Å². The highest BCUT2D eigenvalue weighted by Crippen LogP contribution is 2.75. The minimum absolute atomic E-state index is 0.0143. The van der Waals surface area contributed by atoms with Crippen molar-refractivity contribution in [3.8, 4) is 5.75 Å². The molecule has 246 valence electrons. The average molecular weight is 619 g/mol. The van der Waals surface area contributed by atoms with E-state index in [1.807, 2.05) is 0 Å². The number of ether oxygens (including phenoxy) is 1. The number of rotatable bonds is 4. The van der Waals surface area contributed by atoms with E-state index < -0.39 is 35.0 Å². The van der Waals surface area contributed by atoms with E-state index in [-0.39, 0.29) is 33.8 Å². The van der Waals surface area contributed by atoms with Gasteiger partial charge in [-0.3, -0.25) is 4.79 Å². The zero-order valence-corrected chi connectivity index (χ0v) is 28.3. The number of hydrogen-bond donors (Lipinski definition) is 3. The van der Waals surface area contributed by atoms with Gasteiger partial charge in [0.1, 0.15) is 11.9 Å². The number of carboxylic acid groups (broad SMARTS) is 1. The number of benzene rings is 1. The van der Waals surface area contributed by atoms with Gasteiger partial charge in [0.25, 0.3) is 0 Å². The van der Waals surface area contributed by atoms with Crippen molar-refractivity contribution >= 4 is 18.0 Å². The molecule has 1 aromatic rings. The number of hydrogen-bond acceptors (Lipinski definition) is 5. The first kappa shape index (κ1) is 32.3. The maximum atomic E-state index is 13.0. The van der Waals surface area contributed by atoms with Gasteiger partial charge < -0.3 is 20.1 Å². The minimum Gasteiger partial charge on any atom is -0.508 e. The van der Waals surface area contributed by atoms with Crippen molar-refractivity contribution in [3.63, 3.8) is 0 Å². The number of carbonyl (C=O) groups excluding carboxylic acids is 1. The number of esters is 1. The van der Waals surface area contributed by atoms with Crippen LogP contribution in [-0.4, -0.2) is 39.5 Å². The molecular weight excluding hydrogens is 564 g/mol. The lowest BCUT2D eigenvalue weighted by atomic mass is 9.33. The Morgan fingerprint density at radius 1 is 0.933 bits per heavy atom. The molecule has 0 aromatic heterocycles. The van der Waals surface area contributed by atoms with E-state index in [9.17, 15) is 24.9 Å². The van der Waals surface area contributed by atoms with Crippen molar-refractivity contribution in [2.75, 3.05) is 0 Å². The summed E-state index contributed by atoms with van der Waals surface area (Å²) in [4.78, 5) is 26.0. The van der Waals surface area contributed by atoms with E-state index in [4.69, 9.17) is 4.74 Å². The van der Waals surface area contributed by atoms with E-state index in [0.29, 0.717) is 24.2 Å². The molecule has 6 rings (SSSR count). The van der Waals surface area contributed by atoms with Gasteiger partial charge in [-0.05, 0) is 121 Å². The molecule has 45 heavy (non-hydrogen) atoms. The molecule has 11 atom stereocenters. The number of phenols is 1. The second-order valence-corrected chi connectivity index (χ2v) is 17.0. The van der Waals surface area contributed by atoms with Crippen LogP contribution in [0.15, 0.2) is 42.0 Å². The van der Waals surface area contributed by atoms with Gasteiger partial charge in [0.2, 0.25) is 0 Å². The van der Waals surface area contributed by atoms with Crippen LogP contribution in [0.5, 0.6) is 5.75 Å². The predicted octanol–water partition coefficient (Wildman–Crippen LogP) is 8.03. The molecule has 0 bridgehead atoms. The van der Waals surface area contributed by atoms with Crippen molar-refractivity contribution in [1.29, 1.82) is 0 Å². The fourth-order valence-corrected chi connectivity index (χ4v) is 12.1. The Labute approximate surface area is 269 Å². The fraction of sp³-hybridized carbons (Fsp3) is 0.692. The van der Waals surface area contributed by atoms with E-state index in [1.54, 1.807) is 30.3 Å². The molecule has 0 amide bonds. The number of carboxylic acids is 1. The summed E-state index contributed by atoms with van der Waals surface area (Å²) in [7, 11) is 0. The summed E-state index contributed by atoms with van der Waals surface area (Å²) in [6, 6.07) is 6.62. The number of aliphatic hydroxyl groups is 1. The number of aromatic hydroxyl groups is 1. The fourth-order valence-electron chi connectivity index (χ4n) is 12.1. The third kappa shape index (κ3) is 4.58. The van der Waals surface area contributed by atoms with Crippen molar-refractivity contribution in [3.05, 3.63) is 47.6 Å². The van der Waals surface area contributed by atoms with Gasteiger partial charge in [-0.25, -0.2) is 4.79 Å². The molecule has 0 aliphatic heterocycles. The monoisotopic (exact) mass is 618 g/mol. The number of aliphatic hydroxyl groups excluding tert-OH is 1. The molecule has 0 spiro atoms. The molecule has 2 unspecified atom stereocenters. The third-order valence-electron chi connectivity index (χ3n) is 14.9. The maximum Gasteiger partial charge on any atom is 0.331 e. The molecule has 5 aliphatic rings. The van der Waals surface area contributed by atoms with Crippen molar-refractivity contribution in [2.24, 2.45) is 56.7 Å². The minimum atomic E-state index is -0.780. The summed E-state index contributed by atoms with van der Waals surface area (Å²) in [6.45, 7) is 16.2. The first-order chi connectivity index (χ1) is 21.0. The second-order valence-electron chi connectivity index (χ2n) is 17.0. The van der Waals surface area contributed by atoms with E-state index in [0.717, 1.165) is 50.5 Å². The van der Waals surface area contributed by atoms with Gasteiger partial charge in [0.05, 0.1) is 11.5 Å². The van der Waals surface area contributed by atoms with Crippen LogP contribution < -0.4 is 0 Å². The molecule has 3 N–H and O–H groups in total. The zero-order chi connectivity index (χ0) is 32.7. The highest BCUT2D eigenvalue weighted by atomic mass is 16.6. The normalized spacial score (nSPS) is 45.3. The van der Waals surface area contributed by atoms with Crippen LogP contribution in [-0.2, 0) is 14.3 Å². The maximum absolute atomic E-state index is 13.0. The second kappa shape index (κ2) is 10.7. The third-order valence-corrected chi connectivity index (χ3v) is 14.9. The summed E-state index contributed by atoms with van der Waals surface area (Å²) in [5.41, 5.74) is 0.857. The van der Waals surface area contributed by atoms with Gasteiger partial charge in [-0.15, -0.1) is 0 Å². The average Bonchev–Trinajstić information content (AvgIpc) is 2.97. The van der Waals surface area contributed by atoms with Crippen molar-refractivity contribution in [2.45, 2.75) is 112 Å². The molecule has 1 aromatic carbocycles. The van der Waals surface area contributed by atoms with Gasteiger partial charge >= 0.3 is 11.9 Å². The topological polar surface area (TPSA) is 104 Å². The summed E-state index contributed by atoms with van der Waals surface area (Å²) in [5, 5.41) is 32.0. The first-order valence-electron chi connectivity index (χ1n) is 17.3. The Hall–Kier alpha value is -2.60. The molecule has 4 fully saturated rings. The molecule has 0 radical (unpaired) electrons. The summed E-state index contributed by atoms with van der Waals surface area (Å²) < 4.78 is 6.05. The Morgan fingerprint density at radius 2 is 1.62 bits per heavy atom. The summed E-state index contributed by atoms with van der Waals surface area (Å²) in [5.74, 6) is 0.617. The van der Waals surface area contributed by atoms with Crippen LogP contribution in [0, 0.1) is 56.7 Å². The number of carbonyl (C=O) groups is 2. The van der Waals surface area contributed by atoms with Gasteiger partial charge in [-0.1, -0.05) is 72.2 Å². The van der Waals surface area contributed by atoms with Gasteiger partial charge in [0, 0.05) is 11.5 Å². The molecule has 6 heteroatoms. The van der Waals surface area contributed by atoms with Crippen LogP contribution in [0.3, 0.4) is 0 Å². The highest BCUT2D eigenvalue weighted by Gasteiger charge is 2.70. The standard InChI is InChI=1S/C39H54O6/c1-23-16-19-39(34(43)44)21-20-37(6)27(32(39)24(23)2)13-14-30-36(5)22-28(41)33(35(3,4)29(36)17-18-38(30,37)7)45-31(42)15-10-25-8-11-26(40)12-9-25/h8-13,15,23-24,28-30,32-33,40-41H,14,16-22H2,1-7H3,(H,43,44)/t23-,24+,28-,29?,30?,32+,33+,36+,37-,38-,39+/m1/s1. The SMILES string of the molecule is C[C@H]1[C@H](C)CC[C@]2(C(=O)O)CC[C@]3(C)C(=CCC4[C@@]5(C)C[C@@H](O)[C@H](OC(=O)C=Cc6ccc(O)cc6)C(C)(C)C5CC[C@]43C)[C@H]12. The zero-order valence-electron chi connectivity index (χ0n) is 28.3. The number of allylic oxidation sites excluding steroid dienone is 2. The largest absolute Gasteiger partial charge is 0.508 e. The Kier molecular flexibility index (Phi) is 7.70. The number of aliphatic carboxylic acids is 1. The molecule has 0 heterocycles. The van der Waals surface area contributed by atoms with Gasteiger partial charge in [0.15, 0.2) is 0 Å². The molecule has 6 nitrogen and oxygen atoms in total. The number of fused-ring (bicyclic) bond motifs is 7. The van der Waals surface area contributed by atoms with Gasteiger partial charge in [-0.2, -0.15) is 0 Å². The summed E-state index contributed by atoms with van der Waals surface area (Å²) in [6.07, 6.45) is 11.1. The Balaban J connectivity index is 1.29. The number of phenolic OH excluding ortho intramolecular Hbond substituents is 1. The smallest absolute Gasteiger partial charge is 0.331 e. The van der Waals surface area contributed by atoms with Crippen molar-refractivity contribution in [1.82, 2.24) is 0 Å². The lowest BCUT2D eigenvalue weighted by Gasteiger charge is -2.71. The van der Waals surface area contributed by atoms with Crippen LogP contribution in [0.4, 0.5) is 0 Å². The predicted molar refractivity (Wildman–Crippen MR) is 175 cm³/mol. The van der Waals surface area contributed by atoms with Crippen LogP contribution in [0.2, 0.25) is 0 Å². The van der Waals surface area contributed by atoms with Crippen LogP contribution in [0.1, 0.15) is 105 Å². The van der Waals surface area contributed by atoms with Crippen LogP contribution in [0.25, 0.3) is 6.08 Å². The molecule has 4 saturated carbocycles. The quantitative estimate of drug-likeness (QED) is 0.179. The van der Waals surface area contributed by atoms with Crippen LogP contribution >= 0.6 is 0 Å². The molecule has 0 saturated heterocycles. The van der Waals surface area contributed by atoms with E-state index in [2.05, 4.69) is 54.5 Å². The Morgan fingerprint density at radius 3 is 2.29 bits per heavy atom. The summed E-state index contributed by atoms with van der Waals surface area (Å²) >= 11 is 0. The van der Waals surface area contributed by atoms with Crippen molar-refractivity contribution < 1.29 is 29.6 Å².